The third-order valence-corrected chi connectivity index (χ3v) is 12.3. The Labute approximate surface area is 346 Å². The third-order valence-electron chi connectivity index (χ3n) is 11.1. The van der Waals surface area contributed by atoms with Gasteiger partial charge in [0, 0.05) is 47.8 Å². The molecule has 8 aromatic carbocycles. The molecular weight excluding hydrogens is 735 g/mol. The number of aromatic nitrogens is 3. The maximum Gasteiger partial charge on any atom is 0.160 e. The van der Waals surface area contributed by atoms with Crippen molar-refractivity contribution >= 4 is 42.4 Å². The summed E-state index contributed by atoms with van der Waals surface area (Å²) in [6.07, 6.45) is 0. The summed E-state index contributed by atoms with van der Waals surface area (Å²) < 4.78 is 2.57. The lowest BCUT2D eigenvalue weighted by Crippen LogP contribution is -1.96. The lowest BCUT2D eigenvalue weighted by Gasteiger charge is -2.11. The molecule has 0 amide bonds. The fourth-order valence-electron chi connectivity index (χ4n) is 8.06. The maximum absolute atomic E-state index is 5.34. The topological polar surface area (TPSA) is 38.7 Å². The van der Waals surface area contributed by atoms with Gasteiger partial charge in [0.1, 0.15) is 0 Å². The maximum atomic E-state index is 5.34. The van der Waals surface area contributed by atoms with Crippen molar-refractivity contribution in [1.82, 2.24) is 15.0 Å². The van der Waals surface area contributed by atoms with Crippen LogP contribution in [-0.2, 0) is 0 Å². The Bertz CT molecular complexity index is 3270. The lowest BCUT2D eigenvalue weighted by atomic mass is 9.97. The van der Waals surface area contributed by atoms with Crippen molar-refractivity contribution < 1.29 is 0 Å². The standard InChI is InChI=1S/C55H35N3S/c1-4-12-36(13-5-1)37-24-28-42(29-25-37)49-35-48(41-14-6-2-7-15-41)57-55(58-49)44-30-26-39(27-31-44)38-20-22-40(23-21-38)45-32-33-46-50(34-45)56-53(43-16-8-3-9-17-43)52-47-18-10-11-19-51(47)59-54(46)52/h1-35H. The van der Waals surface area contributed by atoms with Crippen molar-refractivity contribution in [1.29, 1.82) is 0 Å². The van der Waals surface area contributed by atoms with Crippen LogP contribution in [0.3, 0.4) is 0 Å². The molecule has 3 nitrogen and oxygen atoms in total. The first-order chi connectivity index (χ1) is 29.2. The second-order valence-corrected chi connectivity index (χ2v) is 15.8. The van der Waals surface area contributed by atoms with Crippen LogP contribution in [0.1, 0.15) is 0 Å². The highest BCUT2D eigenvalue weighted by molar-refractivity contribution is 7.26. The van der Waals surface area contributed by atoms with Crippen molar-refractivity contribution in [3.8, 4) is 78.5 Å². The summed E-state index contributed by atoms with van der Waals surface area (Å²) in [5, 5.41) is 3.68. The monoisotopic (exact) mass is 769 g/mol. The third kappa shape index (κ3) is 6.56. The van der Waals surface area contributed by atoms with Crippen LogP contribution in [0.15, 0.2) is 212 Å². The molecule has 0 unspecified atom stereocenters. The van der Waals surface area contributed by atoms with Crippen LogP contribution >= 0.6 is 11.3 Å². The van der Waals surface area contributed by atoms with Gasteiger partial charge in [-0.15, -0.1) is 11.3 Å². The number of nitrogens with zero attached hydrogens (tertiary/aromatic N) is 3. The summed E-state index contributed by atoms with van der Waals surface area (Å²) in [7, 11) is 0. The fourth-order valence-corrected chi connectivity index (χ4v) is 9.30. The zero-order valence-electron chi connectivity index (χ0n) is 32.0. The Balaban J connectivity index is 0.907. The smallest absolute Gasteiger partial charge is 0.160 e. The quantitative estimate of drug-likeness (QED) is 0.162. The Morgan fingerprint density at radius 2 is 0.746 bits per heavy atom. The van der Waals surface area contributed by atoms with Crippen LogP contribution in [0.4, 0.5) is 0 Å². The molecule has 0 N–H and O–H groups in total. The molecule has 11 aromatic rings. The number of benzene rings is 8. The minimum absolute atomic E-state index is 0.698. The molecular formula is C55H35N3S. The molecule has 0 spiro atoms. The molecule has 3 heterocycles. The van der Waals surface area contributed by atoms with Gasteiger partial charge in [0.2, 0.25) is 0 Å². The summed E-state index contributed by atoms with van der Waals surface area (Å²) in [4.78, 5) is 15.5. The first kappa shape index (κ1) is 34.7. The van der Waals surface area contributed by atoms with Gasteiger partial charge in [0.25, 0.3) is 0 Å². The van der Waals surface area contributed by atoms with E-state index in [0.29, 0.717) is 5.82 Å². The average Bonchev–Trinajstić information content (AvgIpc) is 3.72. The summed E-state index contributed by atoms with van der Waals surface area (Å²) in [5.41, 5.74) is 15.0. The summed E-state index contributed by atoms with van der Waals surface area (Å²) in [6.45, 7) is 0. The normalized spacial score (nSPS) is 11.4. The van der Waals surface area contributed by atoms with E-state index in [2.05, 4.69) is 188 Å². The van der Waals surface area contributed by atoms with Crippen LogP contribution in [0, 0.1) is 0 Å². The first-order valence-corrected chi connectivity index (χ1v) is 20.7. The van der Waals surface area contributed by atoms with Gasteiger partial charge in [-0.1, -0.05) is 194 Å². The van der Waals surface area contributed by atoms with E-state index in [1.165, 1.54) is 36.7 Å². The van der Waals surface area contributed by atoms with Crippen LogP contribution in [0.5, 0.6) is 0 Å². The van der Waals surface area contributed by atoms with Gasteiger partial charge in [-0.3, -0.25) is 0 Å². The van der Waals surface area contributed by atoms with E-state index in [1.54, 1.807) is 0 Å². The van der Waals surface area contributed by atoms with Crippen LogP contribution in [0.25, 0.3) is 110 Å². The lowest BCUT2D eigenvalue weighted by molar-refractivity contribution is 1.18. The molecule has 0 bridgehead atoms. The molecule has 0 aliphatic rings. The molecule has 0 atom stereocenters. The Morgan fingerprint density at radius 1 is 0.305 bits per heavy atom. The van der Waals surface area contributed by atoms with E-state index in [-0.39, 0.29) is 0 Å². The number of hydrogen-bond acceptors (Lipinski definition) is 4. The predicted octanol–water partition coefficient (Wildman–Crippen LogP) is 15.1. The van der Waals surface area contributed by atoms with Gasteiger partial charge < -0.3 is 0 Å². The van der Waals surface area contributed by atoms with E-state index in [1.807, 2.05) is 35.6 Å². The molecule has 11 rings (SSSR count). The highest BCUT2D eigenvalue weighted by Gasteiger charge is 2.17. The number of fused-ring (bicyclic) bond motifs is 5. The molecule has 0 radical (unpaired) electrons. The SMILES string of the molecule is c1ccc(-c2ccc(-c3cc(-c4ccccc4)nc(-c4ccc(-c5ccc(-c6ccc7c(c6)nc(-c6ccccc6)c6c8ccccc8sc76)cc5)cc4)n3)cc2)cc1. The minimum atomic E-state index is 0.698. The molecule has 0 aliphatic heterocycles. The number of rotatable bonds is 7. The Morgan fingerprint density at radius 3 is 1.36 bits per heavy atom. The molecule has 0 saturated carbocycles. The van der Waals surface area contributed by atoms with Crippen molar-refractivity contribution in [2.45, 2.75) is 0 Å². The summed E-state index contributed by atoms with van der Waals surface area (Å²) >= 11 is 1.85. The van der Waals surface area contributed by atoms with Gasteiger partial charge in [-0.25, -0.2) is 15.0 Å². The van der Waals surface area contributed by atoms with E-state index in [4.69, 9.17) is 15.0 Å². The average molecular weight is 770 g/mol. The molecule has 0 saturated heterocycles. The molecule has 0 fully saturated rings. The molecule has 59 heavy (non-hydrogen) atoms. The Hall–Kier alpha value is -7.53. The number of pyridine rings is 1. The van der Waals surface area contributed by atoms with Crippen molar-refractivity contribution in [3.63, 3.8) is 0 Å². The van der Waals surface area contributed by atoms with E-state index < -0.39 is 0 Å². The zero-order valence-corrected chi connectivity index (χ0v) is 32.8. The van der Waals surface area contributed by atoms with Crippen molar-refractivity contribution in [3.05, 3.63) is 212 Å². The van der Waals surface area contributed by atoms with Crippen molar-refractivity contribution in [2.24, 2.45) is 0 Å². The number of thiophene rings is 1. The van der Waals surface area contributed by atoms with Crippen LogP contribution in [-0.4, -0.2) is 15.0 Å². The van der Waals surface area contributed by atoms with Gasteiger partial charge in [-0.05, 0) is 51.6 Å². The summed E-state index contributed by atoms with van der Waals surface area (Å²) in [6, 6.07) is 74.9. The molecule has 276 valence electrons. The van der Waals surface area contributed by atoms with Crippen LogP contribution < -0.4 is 0 Å². The summed E-state index contributed by atoms with van der Waals surface area (Å²) in [5.74, 6) is 0.698. The van der Waals surface area contributed by atoms with E-state index >= 15 is 0 Å². The van der Waals surface area contributed by atoms with E-state index in [9.17, 15) is 0 Å². The van der Waals surface area contributed by atoms with Crippen molar-refractivity contribution in [2.75, 3.05) is 0 Å². The second-order valence-electron chi connectivity index (χ2n) is 14.8. The van der Waals surface area contributed by atoms with Gasteiger partial charge >= 0.3 is 0 Å². The van der Waals surface area contributed by atoms with Gasteiger partial charge in [0.05, 0.1) is 22.6 Å². The van der Waals surface area contributed by atoms with Gasteiger partial charge in [-0.2, -0.15) is 0 Å². The molecule has 3 aromatic heterocycles. The van der Waals surface area contributed by atoms with Gasteiger partial charge in [0.15, 0.2) is 5.82 Å². The highest BCUT2D eigenvalue weighted by Crippen LogP contribution is 2.43. The Kier molecular flexibility index (Phi) is 8.68. The van der Waals surface area contributed by atoms with E-state index in [0.717, 1.165) is 67.1 Å². The first-order valence-electron chi connectivity index (χ1n) is 19.8. The number of hydrogen-bond donors (Lipinski definition) is 0. The minimum Gasteiger partial charge on any atom is -0.247 e. The highest BCUT2D eigenvalue weighted by atomic mass is 32.1. The second kappa shape index (κ2) is 14.8. The molecule has 4 heteroatoms. The zero-order chi connectivity index (χ0) is 39.1. The fraction of sp³-hybridized carbons (Fsp3) is 0. The largest absolute Gasteiger partial charge is 0.247 e. The van der Waals surface area contributed by atoms with Crippen LogP contribution in [0.2, 0.25) is 0 Å². The molecule has 0 aliphatic carbocycles. The predicted molar refractivity (Wildman–Crippen MR) is 248 cm³/mol.